The van der Waals surface area contributed by atoms with E-state index in [9.17, 15) is 26.3 Å². The Labute approximate surface area is 163 Å². The van der Waals surface area contributed by atoms with Crippen LogP contribution in [0.2, 0.25) is 0 Å². The van der Waals surface area contributed by atoms with E-state index in [1.165, 1.54) is 6.07 Å². The van der Waals surface area contributed by atoms with Crippen molar-refractivity contribution in [2.24, 2.45) is 5.92 Å². The van der Waals surface area contributed by atoms with Crippen LogP contribution in [-0.2, 0) is 0 Å². The van der Waals surface area contributed by atoms with Gasteiger partial charge in [-0.2, -0.15) is 26.3 Å². The Kier molecular flexibility index (Phi) is 3.56. The van der Waals surface area contributed by atoms with Crippen molar-refractivity contribution in [3.63, 3.8) is 0 Å². The number of alkyl halides is 6. The minimum atomic E-state index is -5.47. The summed E-state index contributed by atoms with van der Waals surface area (Å²) < 4.78 is 88.6. The molecular formula is C22H19F6N. The average Bonchev–Trinajstić information content (AvgIpc) is 2.78. The number of fused-ring (bicyclic) bond motifs is 2. The van der Waals surface area contributed by atoms with Crippen molar-refractivity contribution in [1.82, 2.24) is 0 Å². The average molecular weight is 411 g/mol. The van der Waals surface area contributed by atoms with Gasteiger partial charge in [0.1, 0.15) is 0 Å². The summed E-state index contributed by atoms with van der Waals surface area (Å²) in [6.07, 6.45) is 0.617. The molecule has 2 aliphatic heterocycles. The number of anilines is 1. The number of rotatable bonds is 2. The Hall–Kier alpha value is -2.18. The van der Waals surface area contributed by atoms with Gasteiger partial charge in [-0.3, -0.25) is 0 Å². The Morgan fingerprint density at radius 3 is 2.21 bits per heavy atom. The summed E-state index contributed by atoms with van der Waals surface area (Å²) in [5.74, 6) is -16.7. The van der Waals surface area contributed by atoms with Gasteiger partial charge in [0.15, 0.2) is 0 Å². The van der Waals surface area contributed by atoms with E-state index >= 15 is 0 Å². The molecule has 0 radical (unpaired) electrons. The van der Waals surface area contributed by atoms with Gasteiger partial charge in [0.2, 0.25) is 0 Å². The topological polar surface area (TPSA) is 12.0 Å². The van der Waals surface area contributed by atoms with Crippen molar-refractivity contribution in [3.8, 4) is 0 Å². The first-order valence-electron chi connectivity index (χ1n) is 9.80. The molecule has 2 heterocycles. The Balaban J connectivity index is 1.96. The van der Waals surface area contributed by atoms with Gasteiger partial charge in [0.25, 0.3) is 0 Å². The van der Waals surface area contributed by atoms with E-state index in [0.717, 1.165) is 10.9 Å². The molecule has 2 aromatic carbocycles. The Morgan fingerprint density at radius 2 is 1.55 bits per heavy atom. The van der Waals surface area contributed by atoms with Crippen LogP contribution in [0, 0.1) is 5.92 Å². The normalized spacial score (nSPS) is 30.3. The van der Waals surface area contributed by atoms with Crippen LogP contribution in [0.1, 0.15) is 43.7 Å². The summed E-state index contributed by atoms with van der Waals surface area (Å²) in [4.78, 5) is 0. The smallest absolute Gasteiger partial charge is 0.380 e. The molecule has 29 heavy (non-hydrogen) atoms. The molecule has 1 aliphatic carbocycles. The molecule has 1 nitrogen and oxygen atoms in total. The van der Waals surface area contributed by atoms with Gasteiger partial charge in [-0.1, -0.05) is 44.2 Å². The summed E-state index contributed by atoms with van der Waals surface area (Å²) in [6.45, 7) is 3.48. The third-order valence-corrected chi connectivity index (χ3v) is 6.89. The summed E-state index contributed by atoms with van der Waals surface area (Å²) >= 11 is 0. The number of halogens is 6. The maximum atomic E-state index is 15.0. The number of hydrogen-bond donors (Lipinski definition) is 1. The van der Waals surface area contributed by atoms with E-state index in [1.807, 2.05) is 19.1 Å². The first-order valence-corrected chi connectivity index (χ1v) is 9.80. The molecule has 0 aromatic heterocycles. The van der Waals surface area contributed by atoms with Crippen LogP contribution in [0.3, 0.4) is 0 Å². The molecule has 0 saturated heterocycles. The quantitative estimate of drug-likeness (QED) is 0.534. The lowest BCUT2D eigenvalue weighted by molar-refractivity contribution is -0.261. The van der Waals surface area contributed by atoms with Crippen LogP contribution >= 0.6 is 0 Å². The van der Waals surface area contributed by atoms with Gasteiger partial charge in [-0.25, -0.2) is 0 Å². The molecule has 3 unspecified atom stereocenters. The standard InChI is InChI=1S/C22H19F6N/c1-3-11-13-7-5-6-10-8-9-14-17-16(20(23,24)22(27,28)21(17,25)26)12(4-2)18(11)29-19(14)15(10)13/h5-9,11-12,18,29H,3-4H2,1-2H3. The maximum Gasteiger partial charge on any atom is 0.380 e. The van der Waals surface area contributed by atoms with Gasteiger partial charge < -0.3 is 5.32 Å². The van der Waals surface area contributed by atoms with Crippen molar-refractivity contribution >= 4 is 22.0 Å². The Bertz CT molecular complexity index is 1070. The molecule has 154 valence electrons. The fourth-order valence-electron chi connectivity index (χ4n) is 5.61. The number of nitrogens with one attached hydrogen (secondary N) is 1. The highest BCUT2D eigenvalue weighted by molar-refractivity contribution is 6.05. The molecule has 2 aromatic rings. The highest BCUT2D eigenvalue weighted by Crippen LogP contribution is 2.67. The molecule has 2 bridgehead atoms. The van der Waals surface area contributed by atoms with Crippen molar-refractivity contribution in [2.45, 2.75) is 56.4 Å². The lowest BCUT2D eigenvalue weighted by Gasteiger charge is -2.40. The van der Waals surface area contributed by atoms with Crippen LogP contribution in [0.15, 0.2) is 35.9 Å². The summed E-state index contributed by atoms with van der Waals surface area (Å²) in [5.41, 5.74) is -1.37. The maximum absolute atomic E-state index is 15.0. The third kappa shape index (κ3) is 1.94. The minimum absolute atomic E-state index is 0.0497. The second-order valence-corrected chi connectivity index (χ2v) is 8.14. The molecular weight excluding hydrogens is 392 g/mol. The molecule has 0 saturated carbocycles. The molecule has 1 N–H and O–H groups in total. The first kappa shape index (κ1) is 18.8. The number of benzene rings is 2. The van der Waals surface area contributed by atoms with E-state index < -0.39 is 40.9 Å². The van der Waals surface area contributed by atoms with Gasteiger partial charge in [0.05, 0.1) is 5.69 Å². The molecule has 0 amide bonds. The van der Waals surface area contributed by atoms with Crippen molar-refractivity contribution in [2.75, 3.05) is 5.32 Å². The van der Waals surface area contributed by atoms with E-state index in [2.05, 4.69) is 5.32 Å². The Morgan fingerprint density at radius 1 is 0.862 bits per heavy atom. The predicted molar refractivity (Wildman–Crippen MR) is 99.9 cm³/mol. The second kappa shape index (κ2) is 5.49. The van der Waals surface area contributed by atoms with E-state index in [0.29, 0.717) is 11.8 Å². The zero-order valence-electron chi connectivity index (χ0n) is 15.8. The van der Waals surface area contributed by atoms with E-state index in [-0.39, 0.29) is 23.6 Å². The molecule has 7 heteroatoms. The van der Waals surface area contributed by atoms with Crippen LogP contribution < -0.4 is 5.32 Å². The first-order chi connectivity index (χ1) is 13.6. The van der Waals surface area contributed by atoms with E-state index in [4.69, 9.17) is 0 Å². The monoisotopic (exact) mass is 411 g/mol. The molecule has 3 aliphatic rings. The zero-order valence-corrected chi connectivity index (χ0v) is 15.8. The van der Waals surface area contributed by atoms with Crippen LogP contribution in [-0.4, -0.2) is 23.8 Å². The number of allylic oxidation sites excluding steroid dienone is 1. The molecule has 3 atom stereocenters. The van der Waals surface area contributed by atoms with Crippen molar-refractivity contribution in [1.29, 1.82) is 0 Å². The fraction of sp³-hybridized carbons (Fsp3) is 0.455. The van der Waals surface area contributed by atoms with Crippen LogP contribution in [0.4, 0.5) is 32.0 Å². The largest absolute Gasteiger partial charge is 0.380 e. The van der Waals surface area contributed by atoms with Gasteiger partial charge >= 0.3 is 17.8 Å². The highest BCUT2D eigenvalue weighted by Gasteiger charge is 2.81. The van der Waals surface area contributed by atoms with Crippen molar-refractivity contribution in [3.05, 3.63) is 47.0 Å². The third-order valence-electron chi connectivity index (χ3n) is 6.89. The fourth-order valence-corrected chi connectivity index (χ4v) is 5.61. The summed E-state index contributed by atoms with van der Waals surface area (Å²) in [7, 11) is 0. The SMILES string of the molecule is CCC1C2=C(c3ccc4cccc5c4c3NC1C5CC)C(F)(F)C(F)(F)C2(F)F. The van der Waals surface area contributed by atoms with Crippen LogP contribution in [0.25, 0.3) is 16.3 Å². The van der Waals surface area contributed by atoms with Gasteiger partial charge in [-0.15, -0.1) is 0 Å². The lowest BCUT2D eigenvalue weighted by atomic mass is 9.74. The van der Waals surface area contributed by atoms with Gasteiger partial charge in [0, 0.05) is 40.0 Å². The second-order valence-electron chi connectivity index (χ2n) is 8.14. The summed E-state index contributed by atoms with van der Waals surface area (Å²) in [6, 6.07) is 7.70. The minimum Gasteiger partial charge on any atom is -0.380 e. The lowest BCUT2D eigenvalue weighted by Crippen LogP contribution is -2.51. The molecule has 0 spiro atoms. The molecule has 0 fully saturated rings. The molecule has 5 rings (SSSR count). The summed E-state index contributed by atoms with van der Waals surface area (Å²) in [5, 5.41) is 4.65. The van der Waals surface area contributed by atoms with Gasteiger partial charge in [-0.05, 0) is 23.8 Å². The van der Waals surface area contributed by atoms with Crippen LogP contribution in [0.5, 0.6) is 0 Å². The zero-order chi connectivity index (χ0) is 20.9. The predicted octanol–water partition coefficient (Wildman–Crippen LogP) is 6.84. The number of hydrogen-bond acceptors (Lipinski definition) is 1. The van der Waals surface area contributed by atoms with Crippen molar-refractivity contribution < 1.29 is 26.3 Å². The highest BCUT2D eigenvalue weighted by atomic mass is 19.3. The van der Waals surface area contributed by atoms with E-state index in [1.54, 1.807) is 19.1 Å².